The number of amides is 2. The zero-order valence-corrected chi connectivity index (χ0v) is 18.0. The number of halogens is 2. The Balaban J connectivity index is 1.56. The van der Waals surface area contributed by atoms with E-state index in [9.17, 15) is 9.18 Å². The van der Waals surface area contributed by atoms with Crippen LogP contribution in [0.4, 0.5) is 15.0 Å². The Morgan fingerprint density at radius 2 is 2.06 bits per heavy atom. The van der Waals surface area contributed by atoms with Crippen molar-refractivity contribution in [2.75, 3.05) is 11.9 Å². The highest BCUT2D eigenvalue weighted by Crippen LogP contribution is 2.29. The van der Waals surface area contributed by atoms with Crippen LogP contribution < -0.4 is 16.0 Å². The highest BCUT2D eigenvalue weighted by Gasteiger charge is 2.28. The number of aromatic nitrogens is 4. The van der Waals surface area contributed by atoms with Crippen LogP contribution in [0.1, 0.15) is 39.0 Å². The number of rotatable bonds is 6. The van der Waals surface area contributed by atoms with Crippen LogP contribution in [0.25, 0.3) is 22.4 Å². The van der Waals surface area contributed by atoms with Gasteiger partial charge >= 0.3 is 6.03 Å². The quantitative estimate of drug-likeness (QED) is 0.453. The average Bonchev–Trinajstić information content (AvgIpc) is 3.18. The van der Waals surface area contributed by atoms with Gasteiger partial charge in [0.25, 0.3) is 0 Å². The van der Waals surface area contributed by atoms with E-state index in [1.165, 1.54) is 0 Å². The van der Waals surface area contributed by atoms with Crippen molar-refractivity contribution in [3.63, 3.8) is 0 Å². The van der Waals surface area contributed by atoms with Crippen molar-refractivity contribution in [2.24, 2.45) is 0 Å². The normalized spacial score (nSPS) is 18.7. The summed E-state index contributed by atoms with van der Waals surface area (Å²) in [5.74, 6) is -0.0678. The van der Waals surface area contributed by atoms with Crippen molar-refractivity contribution >= 4 is 34.5 Å². The molecule has 0 aromatic carbocycles. The van der Waals surface area contributed by atoms with Crippen LogP contribution in [-0.4, -0.2) is 44.6 Å². The Bertz CT molecular complexity index is 1070. The molecule has 1 fully saturated rings. The zero-order valence-electron chi connectivity index (χ0n) is 17.2. The maximum absolute atomic E-state index is 14.6. The van der Waals surface area contributed by atoms with E-state index in [4.69, 9.17) is 11.6 Å². The van der Waals surface area contributed by atoms with Gasteiger partial charge in [-0.15, -0.1) is 0 Å². The topological polar surface area (TPSA) is 108 Å². The van der Waals surface area contributed by atoms with Gasteiger partial charge in [0.2, 0.25) is 0 Å². The summed E-state index contributed by atoms with van der Waals surface area (Å²) in [4.78, 5) is 28.0. The van der Waals surface area contributed by atoms with Gasteiger partial charge in [0.15, 0.2) is 17.5 Å². The SMILES string of the molecule is CCCNC(=O)N[C@@H]1CCCCC1Nc1nc(-c2c[nH]c3ncc(Cl)cc23)ncc1F. The molecule has 1 aliphatic rings. The van der Waals surface area contributed by atoms with E-state index < -0.39 is 5.82 Å². The molecule has 3 aromatic rings. The first-order chi connectivity index (χ1) is 15.0. The van der Waals surface area contributed by atoms with E-state index in [1.54, 1.807) is 18.5 Å². The van der Waals surface area contributed by atoms with Crippen LogP contribution >= 0.6 is 11.6 Å². The molecule has 164 valence electrons. The fourth-order valence-corrected chi connectivity index (χ4v) is 4.03. The van der Waals surface area contributed by atoms with E-state index in [2.05, 4.69) is 35.9 Å². The number of hydrogen-bond acceptors (Lipinski definition) is 5. The summed E-state index contributed by atoms with van der Waals surface area (Å²) in [5.41, 5.74) is 1.33. The number of nitrogens with zero attached hydrogens (tertiary/aromatic N) is 3. The second-order valence-corrected chi connectivity index (χ2v) is 8.12. The summed E-state index contributed by atoms with van der Waals surface area (Å²) in [6.45, 7) is 2.61. The Labute approximate surface area is 184 Å². The zero-order chi connectivity index (χ0) is 21.8. The smallest absolute Gasteiger partial charge is 0.315 e. The highest BCUT2D eigenvalue weighted by atomic mass is 35.5. The molecule has 10 heteroatoms. The minimum Gasteiger partial charge on any atom is -0.363 e. The second kappa shape index (κ2) is 9.47. The predicted molar refractivity (Wildman–Crippen MR) is 119 cm³/mol. The summed E-state index contributed by atoms with van der Waals surface area (Å²) in [6, 6.07) is 1.33. The van der Waals surface area contributed by atoms with Gasteiger partial charge in [0.05, 0.1) is 17.3 Å². The molecule has 2 amide bonds. The molecule has 1 unspecified atom stereocenters. The van der Waals surface area contributed by atoms with E-state index in [-0.39, 0.29) is 23.9 Å². The number of H-pyrrole nitrogens is 1. The molecule has 1 aliphatic carbocycles. The van der Waals surface area contributed by atoms with Crippen molar-refractivity contribution in [1.29, 1.82) is 0 Å². The summed E-state index contributed by atoms with van der Waals surface area (Å²) in [5, 5.41) is 10.3. The van der Waals surface area contributed by atoms with Gasteiger partial charge in [-0.3, -0.25) is 0 Å². The number of carbonyl (C=O) groups is 1. The molecular formula is C21H25ClFN7O. The lowest BCUT2D eigenvalue weighted by Crippen LogP contribution is -2.51. The van der Waals surface area contributed by atoms with Crippen molar-refractivity contribution in [1.82, 2.24) is 30.6 Å². The van der Waals surface area contributed by atoms with E-state index in [0.717, 1.165) is 43.7 Å². The monoisotopic (exact) mass is 445 g/mol. The highest BCUT2D eigenvalue weighted by molar-refractivity contribution is 6.31. The third kappa shape index (κ3) is 4.87. The van der Waals surface area contributed by atoms with Crippen LogP contribution in [0, 0.1) is 5.82 Å². The fraction of sp³-hybridized carbons (Fsp3) is 0.429. The number of urea groups is 1. The van der Waals surface area contributed by atoms with Crippen molar-refractivity contribution in [3.05, 3.63) is 35.5 Å². The van der Waals surface area contributed by atoms with Gasteiger partial charge in [-0.25, -0.2) is 24.1 Å². The summed E-state index contributed by atoms with van der Waals surface area (Å²) >= 11 is 6.08. The van der Waals surface area contributed by atoms with E-state index in [1.807, 2.05) is 6.92 Å². The summed E-state index contributed by atoms with van der Waals surface area (Å²) in [7, 11) is 0. The van der Waals surface area contributed by atoms with Crippen LogP contribution in [0.15, 0.2) is 24.7 Å². The Morgan fingerprint density at radius 1 is 1.26 bits per heavy atom. The third-order valence-electron chi connectivity index (χ3n) is 5.42. The number of hydrogen-bond donors (Lipinski definition) is 4. The number of carbonyl (C=O) groups excluding carboxylic acids is 1. The molecule has 0 spiro atoms. The molecule has 0 aliphatic heterocycles. The first-order valence-electron chi connectivity index (χ1n) is 10.5. The molecule has 0 bridgehead atoms. The van der Waals surface area contributed by atoms with Crippen LogP contribution in [0.3, 0.4) is 0 Å². The molecular weight excluding hydrogens is 421 g/mol. The van der Waals surface area contributed by atoms with Gasteiger partial charge in [0, 0.05) is 35.9 Å². The first-order valence-corrected chi connectivity index (χ1v) is 10.9. The largest absolute Gasteiger partial charge is 0.363 e. The van der Waals surface area contributed by atoms with Gasteiger partial charge in [-0.05, 0) is 25.3 Å². The fourth-order valence-electron chi connectivity index (χ4n) is 3.87. The molecule has 3 heterocycles. The summed E-state index contributed by atoms with van der Waals surface area (Å²) in [6.07, 6.45) is 8.94. The third-order valence-corrected chi connectivity index (χ3v) is 5.63. The molecule has 8 nitrogen and oxygen atoms in total. The molecule has 0 radical (unpaired) electrons. The standard InChI is InChI=1S/C21H25ClFN7O/c1-2-7-24-21(31)29-17-6-4-3-5-16(17)28-20-15(23)11-27-19(30-20)14-10-26-18-13(14)8-12(22)9-25-18/h8-11,16-17H,2-7H2,1H3,(H,25,26)(H2,24,29,31)(H,27,28,30)/t16?,17-/m1/s1. The van der Waals surface area contributed by atoms with E-state index >= 15 is 0 Å². The van der Waals surface area contributed by atoms with Gasteiger partial charge < -0.3 is 20.9 Å². The lowest BCUT2D eigenvalue weighted by molar-refractivity contribution is 0.230. The van der Waals surface area contributed by atoms with Crippen molar-refractivity contribution in [2.45, 2.75) is 51.1 Å². The minimum absolute atomic E-state index is 0.112. The van der Waals surface area contributed by atoms with Crippen molar-refractivity contribution < 1.29 is 9.18 Å². The first kappa shape index (κ1) is 21.3. The molecule has 1 saturated carbocycles. The number of aromatic amines is 1. The Morgan fingerprint density at radius 3 is 2.87 bits per heavy atom. The van der Waals surface area contributed by atoms with Crippen LogP contribution in [0.2, 0.25) is 5.02 Å². The lowest BCUT2D eigenvalue weighted by atomic mass is 9.90. The predicted octanol–water partition coefficient (Wildman–Crippen LogP) is 4.24. The number of fused-ring (bicyclic) bond motifs is 1. The number of nitrogens with one attached hydrogen (secondary N) is 4. The maximum atomic E-state index is 14.6. The van der Waals surface area contributed by atoms with Gasteiger partial charge in [-0.1, -0.05) is 31.4 Å². The average molecular weight is 446 g/mol. The maximum Gasteiger partial charge on any atom is 0.315 e. The van der Waals surface area contributed by atoms with Gasteiger partial charge in [-0.2, -0.15) is 0 Å². The molecule has 2 atom stereocenters. The number of pyridine rings is 1. The number of anilines is 1. The molecule has 0 saturated heterocycles. The van der Waals surface area contributed by atoms with E-state index in [0.29, 0.717) is 28.6 Å². The molecule has 3 aromatic heterocycles. The summed E-state index contributed by atoms with van der Waals surface area (Å²) < 4.78 is 14.6. The Kier molecular flexibility index (Phi) is 6.50. The minimum atomic E-state index is -0.542. The second-order valence-electron chi connectivity index (χ2n) is 7.68. The molecule has 4 rings (SSSR count). The molecule has 31 heavy (non-hydrogen) atoms. The Hall–Kier alpha value is -2.94. The lowest BCUT2D eigenvalue weighted by Gasteiger charge is -2.33. The van der Waals surface area contributed by atoms with Gasteiger partial charge in [0.1, 0.15) is 5.65 Å². The van der Waals surface area contributed by atoms with Crippen LogP contribution in [0.5, 0.6) is 0 Å². The van der Waals surface area contributed by atoms with Crippen molar-refractivity contribution in [3.8, 4) is 11.4 Å². The molecule has 4 N–H and O–H groups in total. The van der Waals surface area contributed by atoms with Crippen LogP contribution in [-0.2, 0) is 0 Å².